The van der Waals surface area contributed by atoms with E-state index in [1.54, 1.807) is 6.20 Å². The molecule has 0 aliphatic heterocycles. The molecule has 0 saturated heterocycles. The monoisotopic (exact) mass is 194 g/mol. The average molecular weight is 194 g/mol. The molecule has 1 rings (SSSR count). The van der Waals surface area contributed by atoms with Crippen LogP contribution in [0, 0.1) is 5.92 Å². The third-order valence-electron chi connectivity index (χ3n) is 2.56. The summed E-state index contributed by atoms with van der Waals surface area (Å²) in [5.74, 6) is 6.76. The Kier molecular flexibility index (Phi) is 3.89. The summed E-state index contributed by atoms with van der Waals surface area (Å²) >= 11 is 0. The van der Waals surface area contributed by atoms with Crippen molar-refractivity contribution >= 4 is 0 Å². The molecule has 0 bridgehead atoms. The fraction of sp³-hybridized carbons (Fsp3) is 0.545. The van der Waals surface area contributed by atoms with Crippen LogP contribution in [0.1, 0.15) is 38.7 Å². The number of aromatic nitrogens is 1. The number of hydrogen-bond acceptors (Lipinski definition) is 3. The average Bonchev–Trinajstić information content (AvgIpc) is 2.19. The number of nitrogens with zero attached hydrogens (tertiary/aromatic N) is 1. The lowest BCUT2D eigenvalue weighted by molar-refractivity contribution is 0.309. The molecule has 0 aliphatic rings. The zero-order valence-electron chi connectivity index (χ0n) is 9.03. The second-order valence-electron chi connectivity index (χ2n) is 3.77. The van der Waals surface area contributed by atoms with Crippen molar-refractivity contribution in [3.05, 3.63) is 23.9 Å². The van der Waals surface area contributed by atoms with E-state index in [2.05, 4.69) is 25.8 Å². The summed E-state index contributed by atoms with van der Waals surface area (Å²) in [6, 6.07) is 3.95. The van der Waals surface area contributed by atoms with E-state index in [9.17, 15) is 0 Å². The molecule has 0 fully saturated rings. The Balaban J connectivity index is 3.02. The van der Waals surface area contributed by atoms with Gasteiger partial charge in [-0.3, -0.25) is 0 Å². The van der Waals surface area contributed by atoms with Crippen molar-refractivity contribution in [2.75, 3.05) is 0 Å². The van der Waals surface area contributed by atoms with Gasteiger partial charge in [0.2, 0.25) is 5.88 Å². The Morgan fingerprint density at radius 2 is 2.21 bits per heavy atom. The van der Waals surface area contributed by atoms with Gasteiger partial charge in [0.1, 0.15) is 0 Å². The molecule has 0 amide bonds. The molecule has 3 heteroatoms. The molecule has 2 N–H and O–H groups in total. The van der Waals surface area contributed by atoms with Gasteiger partial charge >= 0.3 is 0 Å². The molecular formula is C11H18N2O. The molecule has 1 unspecified atom stereocenters. The summed E-state index contributed by atoms with van der Waals surface area (Å²) in [6.45, 7) is 6.56. The van der Waals surface area contributed by atoms with Crippen LogP contribution in [-0.2, 0) is 0 Å². The molecule has 1 heterocycles. The summed E-state index contributed by atoms with van der Waals surface area (Å²) in [5.41, 5.74) is 1.10. The first-order valence-electron chi connectivity index (χ1n) is 5.02. The minimum atomic E-state index is 0.460. The summed E-state index contributed by atoms with van der Waals surface area (Å²) in [6.07, 6.45) is 2.76. The molecule has 1 atom stereocenters. The smallest absolute Gasteiger partial charge is 0.240 e. The quantitative estimate of drug-likeness (QED) is 0.749. The normalized spacial score (nSPS) is 12.9. The largest absolute Gasteiger partial charge is 0.391 e. The van der Waals surface area contributed by atoms with Gasteiger partial charge in [-0.25, -0.2) is 4.98 Å². The van der Waals surface area contributed by atoms with Crippen LogP contribution in [0.2, 0.25) is 0 Å². The Bertz CT molecular complexity index is 286. The van der Waals surface area contributed by atoms with Crippen LogP contribution < -0.4 is 10.7 Å². The molecule has 0 aliphatic carbocycles. The van der Waals surface area contributed by atoms with Crippen molar-refractivity contribution in [1.29, 1.82) is 0 Å². The van der Waals surface area contributed by atoms with Crippen molar-refractivity contribution in [2.45, 2.75) is 33.1 Å². The molecule has 1 aromatic rings. The molecule has 0 saturated carbocycles. The summed E-state index contributed by atoms with van der Waals surface area (Å²) in [5, 5.41) is 0. The lowest BCUT2D eigenvalue weighted by Gasteiger charge is -2.20. The third-order valence-corrected chi connectivity index (χ3v) is 2.56. The SMILES string of the molecule is CCC(c1cccnc1ON)C(C)C. The molecule has 0 radical (unpaired) electrons. The Labute approximate surface area is 85.2 Å². The lowest BCUT2D eigenvalue weighted by Crippen LogP contribution is -2.12. The van der Waals surface area contributed by atoms with E-state index >= 15 is 0 Å². The van der Waals surface area contributed by atoms with E-state index in [-0.39, 0.29) is 0 Å². The number of pyridine rings is 1. The van der Waals surface area contributed by atoms with Crippen LogP contribution in [0.25, 0.3) is 0 Å². The van der Waals surface area contributed by atoms with E-state index in [0.717, 1.165) is 12.0 Å². The maximum absolute atomic E-state index is 5.18. The third kappa shape index (κ3) is 2.23. The molecule has 0 aromatic carbocycles. The van der Waals surface area contributed by atoms with Crippen LogP contribution in [0.15, 0.2) is 18.3 Å². The highest BCUT2D eigenvalue weighted by Crippen LogP contribution is 2.32. The van der Waals surface area contributed by atoms with Crippen LogP contribution in [0.4, 0.5) is 0 Å². The first-order chi connectivity index (χ1) is 6.70. The minimum absolute atomic E-state index is 0.460. The highest BCUT2D eigenvalue weighted by Gasteiger charge is 2.18. The number of rotatable bonds is 4. The fourth-order valence-corrected chi connectivity index (χ4v) is 1.83. The van der Waals surface area contributed by atoms with Crippen molar-refractivity contribution in [2.24, 2.45) is 11.8 Å². The Hall–Kier alpha value is -1.09. The van der Waals surface area contributed by atoms with E-state index in [0.29, 0.717) is 17.7 Å². The second-order valence-corrected chi connectivity index (χ2v) is 3.77. The van der Waals surface area contributed by atoms with Crippen molar-refractivity contribution in [3.63, 3.8) is 0 Å². The lowest BCUT2D eigenvalue weighted by atomic mass is 9.87. The van der Waals surface area contributed by atoms with Crippen LogP contribution in [-0.4, -0.2) is 4.98 Å². The van der Waals surface area contributed by atoms with Crippen LogP contribution in [0.5, 0.6) is 5.88 Å². The Morgan fingerprint density at radius 3 is 2.71 bits per heavy atom. The number of hydrogen-bond donors (Lipinski definition) is 1. The maximum atomic E-state index is 5.18. The van der Waals surface area contributed by atoms with Crippen LogP contribution >= 0.6 is 0 Å². The van der Waals surface area contributed by atoms with Gasteiger partial charge in [0, 0.05) is 11.8 Å². The van der Waals surface area contributed by atoms with Gasteiger partial charge in [-0.2, -0.15) is 5.90 Å². The zero-order valence-corrected chi connectivity index (χ0v) is 9.03. The van der Waals surface area contributed by atoms with Gasteiger partial charge in [-0.1, -0.05) is 26.8 Å². The molecule has 78 valence electrons. The van der Waals surface area contributed by atoms with Crippen molar-refractivity contribution < 1.29 is 4.84 Å². The first-order valence-corrected chi connectivity index (χ1v) is 5.02. The van der Waals surface area contributed by atoms with E-state index in [4.69, 9.17) is 10.7 Å². The van der Waals surface area contributed by atoms with Gasteiger partial charge in [0.25, 0.3) is 0 Å². The molecule has 3 nitrogen and oxygen atoms in total. The fourth-order valence-electron chi connectivity index (χ4n) is 1.83. The van der Waals surface area contributed by atoms with Gasteiger partial charge in [0.05, 0.1) is 0 Å². The standard InChI is InChI=1S/C11H18N2O/c1-4-9(8(2)3)10-6-5-7-13-11(10)14-12/h5-9H,4,12H2,1-3H3. The predicted molar refractivity (Wildman–Crippen MR) is 56.9 cm³/mol. The molecule has 0 spiro atoms. The second kappa shape index (κ2) is 4.96. The van der Waals surface area contributed by atoms with Crippen molar-refractivity contribution in [1.82, 2.24) is 4.98 Å². The topological polar surface area (TPSA) is 48.1 Å². The van der Waals surface area contributed by atoms with Gasteiger partial charge in [-0.15, -0.1) is 0 Å². The summed E-state index contributed by atoms with van der Waals surface area (Å²) in [4.78, 5) is 8.87. The van der Waals surface area contributed by atoms with Crippen molar-refractivity contribution in [3.8, 4) is 5.88 Å². The van der Waals surface area contributed by atoms with Gasteiger partial charge < -0.3 is 4.84 Å². The van der Waals surface area contributed by atoms with E-state index in [1.165, 1.54) is 0 Å². The summed E-state index contributed by atoms with van der Waals surface area (Å²) in [7, 11) is 0. The molecule has 1 aromatic heterocycles. The molecular weight excluding hydrogens is 176 g/mol. The predicted octanol–water partition coefficient (Wildman–Crippen LogP) is 2.48. The highest BCUT2D eigenvalue weighted by molar-refractivity contribution is 5.29. The maximum Gasteiger partial charge on any atom is 0.240 e. The molecule has 14 heavy (non-hydrogen) atoms. The van der Waals surface area contributed by atoms with E-state index < -0.39 is 0 Å². The van der Waals surface area contributed by atoms with Gasteiger partial charge in [-0.05, 0) is 24.3 Å². The highest BCUT2D eigenvalue weighted by atomic mass is 16.6. The zero-order chi connectivity index (χ0) is 10.6. The minimum Gasteiger partial charge on any atom is -0.391 e. The van der Waals surface area contributed by atoms with Gasteiger partial charge in [0.15, 0.2) is 0 Å². The van der Waals surface area contributed by atoms with E-state index in [1.807, 2.05) is 12.1 Å². The number of nitrogens with two attached hydrogens (primary N) is 1. The first kappa shape index (κ1) is 11.0. The van der Waals surface area contributed by atoms with Crippen LogP contribution in [0.3, 0.4) is 0 Å². The summed E-state index contributed by atoms with van der Waals surface area (Å²) < 4.78 is 0. The Morgan fingerprint density at radius 1 is 1.50 bits per heavy atom.